The number of ether oxygens (including phenoxy) is 1. The lowest BCUT2D eigenvalue weighted by molar-refractivity contribution is -0.159. The Bertz CT molecular complexity index is 582. The van der Waals surface area contributed by atoms with Crippen molar-refractivity contribution in [2.24, 2.45) is 0 Å². The molecule has 0 aliphatic heterocycles. The van der Waals surface area contributed by atoms with E-state index < -0.39 is 0 Å². The van der Waals surface area contributed by atoms with E-state index in [1.807, 2.05) is 0 Å². The average molecular weight is 603 g/mol. The summed E-state index contributed by atoms with van der Waals surface area (Å²) in [5.74, 6) is -0.669. The highest BCUT2D eigenvalue weighted by molar-refractivity contribution is 5.85. The lowest BCUT2D eigenvalue weighted by Gasteiger charge is -2.04. The second-order valence-electron chi connectivity index (χ2n) is 12.9. The maximum absolute atomic E-state index is 11.9. The van der Waals surface area contributed by atoms with Crippen molar-refractivity contribution in [2.75, 3.05) is 0 Å². The van der Waals surface area contributed by atoms with Gasteiger partial charge in [-0.15, -0.1) is 0 Å². The number of hydrogen-bond acceptors (Lipinski definition) is 3. The van der Waals surface area contributed by atoms with Crippen LogP contribution in [0.25, 0.3) is 0 Å². The van der Waals surface area contributed by atoms with Gasteiger partial charge in [0.25, 0.3) is 0 Å². The van der Waals surface area contributed by atoms with Gasteiger partial charge in [-0.05, 0) is 64.2 Å². The van der Waals surface area contributed by atoms with Gasteiger partial charge in [-0.3, -0.25) is 9.59 Å². The van der Waals surface area contributed by atoms with Crippen molar-refractivity contribution in [3.63, 3.8) is 0 Å². The van der Waals surface area contributed by atoms with Gasteiger partial charge in [-0.1, -0.05) is 167 Å². The SMILES string of the molecule is CCCCCCCC/C=C/CCCCCCCCCC(=O)OC(=O)CCCCCCCCC/C=C/CCCCCCCC. The summed E-state index contributed by atoms with van der Waals surface area (Å²) in [4.78, 5) is 23.9. The van der Waals surface area contributed by atoms with Crippen LogP contribution < -0.4 is 0 Å². The molecule has 0 heterocycles. The Balaban J connectivity index is 3.34. The highest BCUT2D eigenvalue weighted by atomic mass is 16.6. The molecule has 0 saturated carbocycles. The zero-order valence-electron chi connectivity index (χ0n) is 29.2. The highest BCUT2D eigenvalue weighted by Gasteiger charge is 2.09. The Hall–Kier alpha value is -1.38. The monoisotopic (exact) mass is 603 g/mol. The van der Waals surface area contributed by atoms with Gasteiger partial charge in [0.05, 0.1) is 0 Å². The molecule has 0 unspecified atom stereocenters. The molecule has 0 bridgehead atoms. The quantitative estimate of drug-likeness (QED) is 0.0318. The molecule has 0 N–H and O–H groups in total. The van der Waals surface area contributed by atoms with Gasteiger partial charge >= 0.3 is 11.9 Å². The van der Waals surface area contributed by atoms with Crippen molar-refractivity contribution in [1.82, 2.24) is 0 Å². The summed E-state index contributed by atoms with van der Waals surface area (Å²) in [6.07, 6.45) is 48.1. The zero-order valence-corrected chi connectivity index (χ0v) is 29.2. The molecule has 0 spiro atoms. The number of esters is 2. The summed E-state index contributed by atoms with van der Waals surface area (Å²) in [6, 6.07) is 0. The minimum Gasteiger partial charge on any atom is -0.393 e. The standard InChI is InChI=1S/C40H74O3/c1-3-5-7-9-11-13-15-17-19-21-23-25-27-29-31-33-35-37-39(41)43-40(42)38-36-34-32-30-28-26-24-22-20-18-16-14-12-10-8-6-4-2/h17-20H,3-16,21-38H2,1-2H3/b19-17+,20-18+. The molecule has 0 amide bonds. The van der Waals surface area contributed by atoms with E-state index in [0.717, 1.165) is 25.7 Å². The third kappa shape index (κ3) is 36.7. The molecule has 0 aliphatic carbocycles. The first-order valence-electron chi connectivity index (χ1n) is 19.2. The van der Waals surface area contributed by atoms with E-state index in [0.29, 0.717) is 12.8 Å². The topological polar surface area (TPSA) is 43.4 Å². The van der Waals surface area contributed by atoms with Crippen molar-refractivity contribution in [3.05, 3.63) is 24.3 Å². The first-order valence-corrected chi connectivity index (χ1v) is 19.2. The molecular formula is C40H74O3. The van der Waals surface area contributed by atoms with Crippen molar-refractivity contribution >= 4 is 11.9 Å². The van der Waals surface area contributed by atoms with Gasteiger partial charge in [0.1, 0.15) is 0 Å². The maximum atomic E-state index is 11.9. The van der Waals surface area contributed by atoms with Gasteiger partial charge in [-0.25, -0.2) is 0 Å². The van der Waals surface area contributed by atoms with Gasteiger partial charge in [0.15, 0.2) is 0 Å². The highest BCUT2D eigenvalue weighted by Crippen LogP contribution is 2.14. The molecule has 0 aromatic carbocycles. The molecule has 0 fully saturated rings. The molecule has 0 aromatic heterocycles. The van der Waals surface area contributed by atoms with Crippen molar-refractivity contribution < 1.29 is 14.3 Å². The third-order valence-corrected chi connectivity index (χ3v) is 8.51. The lowest BCUT2D eigenvalue weighted by atomic mass is 10.1. The summed E-state index contributed by atoms with van der Waals surface area (Å²) < 4.78 is 5.02. The molecular weight excluding hydrogens is 528 g/mol. The van der Waals surface area contributed by atoms with E-state index in [4.69, 9.17) is 4.74 Å². The summed E-state index contributed by atoms with van der Waals surface area (Å²) >= 11 is 0. The van der Waals surface area contributed by atoms with E-state index in [2.05, 4.69) is 38.2 Å². The van der Waals surface area contributed by atoms with E-state index in [-0.39, 0.29) is 11.9 Å². The van der Waals surface area contributed by atoms with Gasteiger partial charge in [-0.2, -0.15) is 0 Å². The minimum absolute atomic E-state index is 0.334. The zero-order chi connectivity index (χ0) is 31.3. The number of carbonyl (C=O) groups is 2. The molecule has 3 heteroatoms. The van der Waals surface area contributed by atoms with Crippen LogP contribution in [0.2, 0.25) is 0 Å². The predicted molar refractivity (Wildman–Crippen MR) is 188 cm³/mol. The molecule has 43 heavy (non-hydrogen) atoms. The first kappa shape index (κ1) is 41.6. The van der Waals surface area contributed by atoms with Crippen LogP contribution in [0.3, 0.4) is 0 Å². The molecule has 3 nitrogen and oxygen atoms in total. The smallest absolute Gasteiger partial charge is 0.313 e. The third-order valence-electron chi connectivity index (χ3n) is 8.51. The Kier molecular flexibility index (Phi) is 35.6. The van der Waals surface area contributed by atoms with E-state index >= 15 is 0 Å². The van der Waals surface area contributed by atoms with E-state index in [1.54, 1.807) is 0 Å². The summed E-state index contributed by atoms with van der Waals surface area (Å²) in [7, 11) is 0. The largest absolute Gasteiger partial charge is 0.393 e. The lowest BCUT2D eigenvalue weighted by Crippen LogP contribution is -2.11. The molecule has 0 saturated heterocycles. The molecule has 0 rings (SSSR count). The molecule has 252 valence electrons. The van der Waals surface area contributed by atoms with Gasteiger partial charge < -0.3 is 4.74 Å². The molecule has 0 aliphatic rings. The van der Waals surface area contributed by atoms with E-state index in [9.17, 15) is 9.59 Å². The number of hydrogen-bond donors (Lipinski definition) is 0. The Labute approximate surface area is 269 Å². The number of allylic oxidation sites excluding steroid dienone is 4. The fourth-order valence-electron chi connectivity index (χ4n) is 5.62. The van der Waals surface area contributed by atoms with Crippen LogP contribution >= 0.6 is 0 Å². The van der Waals surface area contributed by atoms with Crippen LogP contribution in [-0.4, -0.2) is 11.9 Å². The fourth-order valence-corrected chi connectivity index (χ4v) is 5.62. The number of rotatable bonds is 34. The van der Waals surface area contributed by atoms with Gasteiger partial charge in [0, 0.05) is 12.8 Å². The minimum atomic E-state index is -0.334. The average Bonchev–Trinajstić information content (AvgIpc) is 3.00. The van der Waals surface area contributed by atoms with Crippen molar-refractivity contribution in [2.45, 2.75) is 219 Å². The summed E-state index contributed by atoms with van der Waals surface area (Å²) in [6.45, 7) is 4.54. The maximum Gasteiger partial charge on any atom is 0.313 e. The normalized spacial score (nSPS) is 11.7. The second-order valence-corrected chi connectivity index (χ2v) is 12.9. The van der Waals surface area contributed by atoms with Gasteiger partial charge in [0.2, 0.25) is 0 Å². The predicted octanol–water partition coefficient (Wildman–Crippen LogP) is 13.7. The van der Waals surface area contributed by atoms with Crippen LogP contribution in [-0.2, 0) is 14.3 Å². The Morgan fingerprint density at radius 2 is 0.581 bits per heavy atom. The van der Waals surface area contributed by atoms with Crippen LogP contribution in [0, 0.1) is 0 Å². The van der Waals surface area contributed by atoms with Crippen LogP contribution in [0.15, 0.2) is 24.3 Å². The van der Waals surface area contributed by atoms with Crippen LogP contribution in [0.1, 0.15) is 219 Å². The van der Waals surface area contributed by atoms with E-state index in [1.165, 1.54) is 167 Å². The van der Waals surface area contributed by atoms with Crippen molar-refractivity contribution in [3.8, 4) is 0 Å². The molecule has 0 atom stereocenters. The second kappa shape index (κ2) is 36.8. The summed E-state index contributed by atoms with van der Waals surface area (Å²) in [5.41, 5.74) is 0. The molecule has 0 radical (unpaired) electrons. The van der Waals surface area contributed by atoms with Crippen molar-refractivity contribution in [1.29, 1.82) is 0 Å². The molecule has 0 aromatic rings. The Morgan fingerprint density at radius 3 is 0.860 bits per heavy atom. The van der Waals surface area contributed by atoms with Crippen LogP contribution in [0.5, 0.6) is 0 Å². The Morgan fingerprint density at radius 1 is 0.349 bits per heavy atom. The fraction of sp³-hybridized carbons (Fsp3) is 0.850. The van der Waals surface area contributed by atoms with Crippen LogP contribution in [0.4, 0.5) is 0 Å². The first-order chi connectivity index (χ1) is 21.2. The number of carbonyl (C=O) groups excluding carboxylic acids is 2. The summed E-state index contributed by atoms with van der Waals surface area (Å²) in [5, 5.41) is 0. The number of unbranched alkanes of at least 4 members (excludes halogenated alkanes) is 26.